The molecule has 10 heteroatoms. The number of carbonyl (C=O) groups is 1. The van der Waals surface area contributed by atoms with Crippen molar-refractivity contribution in [3.63, 3.8) is 0 Å². The van der Waals surface area contributed by atoms with Gasteiger partial charge in [0.15, 0.2) is 5.96 Å². The molecule has 0 aliphatic carbocycles. The third kappa shape index (κ3) is 7.82. The van der Waals surface area contributed by atoms with Gasteiger partial charge in [-0.3, -0.25) is 4.99 Å². The molecule has 1 aromatic carbocycles. The molecule has 0 unspecified atom stereocenters. The minimum absolute atomic E-state index is 0. The van der Waals surface area contributed by atoms with Gasteiger partial charge in [0, 0.05) is 50.4 Å². The van der Waals surface area contributed by atoms with Gasteiger partial charge in [0.25, 0.3) is 0 Å². The maximum atomic E-state index is 11.8. The van der Waals surface area contributed by atoms with E-state index in [1.54, 1.807) is 33.3 Å². The Balaban J connectivity index is 0.00000480. The number of hydrogen-bond donors (Lipinski definition) is 2. The fourth-order valence-corrected chi connectivity index (χ4v) is 3.44. The molecule has 1 saturated heterocycles. The largest absolute Gasteiger partial charge is 0.496 e. The van der Waals surface area contributed by atoms with E-state index in [9.17, 15) is 4.79 Å². The van der Waals surface area contributed by atoms with E-state index in [4.69, 9.17) is 18.9 Å². The molecule has 1 heterocycles. The summed E-state index contributed by atoms with van der Waals surface area (Å²) in [5, 5.41) is 6.78. The molecule has 1 aromatic rings. The second kappa shape index (κ2) is 14.0. The Hall–Kier alpha value is -2.11. The number of halogens is 1. The lowest BCUT2D eigenvalue weighted by molar-refractivity contribution is 0.0963. The number of nitrogens with zero attached hydrogens (tertiary/aromatic N) is 2. The first-order valence-corrected chi connectivity index (χ1v) is 10.2. The van der Waals surface area contributed by atoms with Gasteiger partial charge in [-0.1, -0.05) is 0 Å². The first-order chi connectivity index (χ1) is 14.6. The summed E-state index contributed by atoms with van der Waals surface area (Å²) in [6, 6.07) is 3.96. The number of hydrogen-bond acceptors (Lipinski definition) is 6. The fraction of sp³-hybridized carbons (Fsp3) is 0.619. The lowest BCUT2D eigenvalue weighted by Crippen LogP contribution is -2.50. The predicted molar refractivity (Wildman–Crippen MR) is 131 cm³/mol. The summed E-state index contributed by atoms with van der Waals surface area (Å²) in [6.45, 7) is 4.22. The highest BCUT2D eigenvalue weighted by Crippen LogP contribution is 2.34. The van der Waals surface area contributed by atoms with E-state index < -0.39 is 0 Å². The topological polar surface area (TPSA) is 93.7 Å². The van der Waals surface area contributed by atoms with Crippen LogP contribution < -0.4 is 24.8 Å². The Morgan fingerprint density at radius 1 is 1.13 bits per heavy atom. The summed E-state index contributed by atoms with van der Waals surface area (Å²) < 4.78 is 21.4. The molecule has 31 heavy (non-hydrogen) atoms. The van der Waals surface area contributed by atoms with Crippen molar-refractivity contribution in [1.29, 1.82) is 0 Å². The Labute approximate surface area is 201 Å². The Morgan fingerprint density at radius 3 is 2.23 bits per heavy atom. The number of aliphatic imine (C=N–C) groups is 1. The summed E-state index contributed by atoms with van der Waals surface area (Å²) in [6.07, 6.45) is 2.15. The summed E-state index contributed by atoms with van der Waals surface area (Å²) in [5.74, 6) is 2.87. The summed E-state index contributed by atoms with van der Waals surface area (Å²) >= 11 is 0. The standard InChI is InChI=1S/C21H34N4O5.HI/c1-6-30-21(26)25-11-8-15(9-12-25)24-20(22-2)23-10-7-17-18(28-4)13-16(27-3)14-19(17)29-5;/h13-15H,6-12H2,1-5H3,(H2,22,23,24);1H. The van der Waals surface area contributed by atoms with Crippen LogP contribution in [0.2, 0.25) is 0 Å². The van der Waals surface area contributed by atoms with Gasteiger partial charge in [0.05, 0.1) is 27.9 Å². The summed E-state index contributed by atoms with van der Waals surface area (Å²) in [4.78, 5) is 17.9. The van der Waals surface area contributed by atoms with Crippen LogP contribution in [0.4, 0.5) is 4.79 Å². The number of methoxy groups -OCH3 is 3. The Bertz CT molecular complexity index is 699. The zero-order valence-electron chi connectivity index (χ0n) is 19.0. The summed E-state index contributed by atoms with van der Waals surface area (Å²) in [5.41, 5.74) is 0.964. The molecule has 1 aliphatic heterocycles. The van der Waals surface area contributed by atoms with Crippen LogP contribution in [0.5, 0.6) is 17.2 Å². The van der Waals surface area contributed by atoms with E-state index in [0.29, 0.717) is 38.4 Å². The number of carbonyl (C=O) groups excluding carboxylic acids is 1. The van der Waals surface area contributed by atoms with Crippen LogP contribution in [0.1, 0.15) is 25.3 Å². The van der Waals surface area contributed by atoms with E-state index in [-0.39, 0.29) is 36.1 Å². The van der Waals surface area contributed by atoms with Crippen molar-refractivity contribution in [2.75, 3.05) is 54.6 Å². The molecule has 0 radical (unpaired) electrons. The average Bonchev–Trinajstić information content (AvgIpc) is 2.78. The minimum Gasteiger partial charge on any atom is -0.496 e. The number of guanidine groups is 1. The van der Waals surface area contributed by atoms with Gasteiger partial charge >= 0.3 is 6.09 Å². The molecule has 0 spiro atoms. The van der Waals surface area contributed by atoms with Crippen LogP contribution in [0.15, 0.2) is 17.1 Å². The Morgan fingerprint density at radius 2 is 1.74 bits per heavy atom. The number of rotatable bonds is 8. The first kappa shape index (κ1) is 26.9. The van der Waals surface area contributed by atoms with Gasteiger partial charge in [-0.2, -0.15) is 0 Å². The van der Waals surface area contributed by atoms with Crippen LogP contribution in [0, 0.1) is 0 Å². The molecule has 1 amide bonds. The highest BCUT2D eigenvalue weighted by molar-refractivity contribution is 14.0. The molecule has 0 bridgehead atoms. The van der Waals surface area contributed by atoms with Crippen LogP contribution in [0.3, 0.4) is 0 Å². The smallest absolute Gasteiger partial charge is 0.409 e. The molecule has 9 nitrogen and oxygen atoms in total. The zero-order valence-corrected chi connectivity index (χ0v) is 21.4. The van der Waals surface area contributed by atoms with Gasteiger partial charge in [-0.05, 0) is 26.2 Å². The first-order valence-electron chi connectivity index (χ1n) is 10.2. The average molecular weight is 550 g/mol. The maximum Gasteiger partial charge on any atom is 0.409 e. The molecule has 1 aliphatic rings. The molecule has 0 atom stereocenters. The monoisotopic (exact) mass is 550 g/mol. The SMILES string of the molecule is CCOC(=O)N1CCC(NC(=NC)NCCc2c(OC)cc(OC)cc2OC)CC1.I. The Kier molecular flexibility index (Phi) is 12.2. The zero-order chi connectivity index (χ0) is 21.9. The van der Waals surface area contributed by atoms with Crippen molar-refractivity contribution in [2.24, 2.45) is 4.99 Å². The number of benzene rings is 1. The molecule has 176 valence electrons. The number of ether oxygens (including phenoxy) is 4. The third-order valence-corrected chi connectivity index (χ3v) is 5.07. The number of nitrogens with one attached hydrogen (secondary N) is 2. The second-order valence-corrected chi connectivity index (χ2v) is 6.86. The second-order valence-electron chi connectivity index (χ2n) is 6.86. The van der Waals surface area contributed by atoms with E-state index in [2.05, 4.69) is 15.6 Å². The highest BCUT2D eigenvalue weighted by Gasteiger charge is 2.24. The van der Waals surface area contributed by atoms with Gasteiger partial charge in [0.2, 0.25) is 0 Å². The normalized spacial score (nSPS) is 14.4. The van der Waals surface area contributed by atoms with Crippen LogP contribution in [-0.2, 0) is 11.2 Å². The van der Waals surface area contributed by atoms with Gasteiger partial charge < -0.3 is 34.5 Å². The van der Waals surface area contributed by atoms with Gasteiger partial charge in [-0.15, -0.1) is 24.0 Å². The third-order valence-electron chi connectivity index (χ3n) is 5.07. The van der Waals surface area contributed by atoms with Crippen molar-refractivity contribution in [3.05, 3.63) is 17.7 Å². The molecule has 2 N–H and O–H groups in total. The van der Waals surface area contributed by atoms with Crippen molar-refractivity contribution in [1.82, 2.24) is 15.5 Å². The highest BCUT2D eigenvalue weighted by atomic mass is 127. The molecular formula is C21H35IN4O5. The van der Waals surface area contributed by atoms with E-state index >= 15 is 0 Å². The van der Waals surface area contributed by atoms with Gasteiger partial charge in [-0.25, -0.2) is 4.79 Å². The number of piperidine rings is 1. The van der Waals surface area contributed by atoms with Crippen LogP contribution >= 0.6 is 24.0 Å². The molecule has 0 aromatic heterocycles. The van der Waals surface area contributed by atoms with Crippen LogP contribution in [-0.4, -0.2) is 77.6 Å². The molecular weight excluding hydrogens is 515 g/mol. The molecule has 1 fully saturated rings. The van der Waals surface area contributed by atoms with E-state index in [0.717, 1.165) is 35.9 Å². The molecule has 2 rings (SSSR count). The minimum atomic E-state index is -0.235. The quantitative estimate of drug-likeness (QED) is 0.292. The van der Waals surface area contributed by atoms with Crippen molar-refractivity contribution in [3.8, 4) is 17.2 Å². The van der Waals surface area contributed by atoms with Crippen LogP contribution in [0.25, 0.3) is 0 Å². The van der Waals surface area contributed by atoms with Crippen molar-refractivity contribution in [2.45, 2.75) is 32.2 Å². The van der Waals surface area contributed by atoms with E-state index in [1.807, 2.05) is 19.1 Å². The van der Waals surface area contributed by atoms with Gasteiger partial charge in [0.1, 0.15) is 17.2 Å². The molecule has 0 saturated carbocycles. The summed E-state index contributed by atoms with van der Waals surface area (Å²) in [7, 11) is 6.63. The fourth-order valence-electron chi connectivity index (χ4n) is 3.44. The lowest BCUT2D eigenvalue weighted by Gasteiger charge is -2.32. The lowest BCUT2D eigenvalue weighted by atomic mass is 10.1. The predicted octanol–water partition coefficient (Wildman–Crippen LogP) is 2.66. The van der Waals surface area contributed by atoms with E-state index in [1.165, 1.54) is 0 Å². The van der Waals surface area contributed by atoms with Crippen molar-refractivity contribution < 1.29 is 23.7 Å². The number of likely N-dealkylation sites (tertiary alicyclic amines) is 1. The maximum absolute atomic E-state index is 11.8. The van der Waals surface area contributed by atoms with Crippen molar-refractivity contribution >= 4 is 36.0 Å². The number of amides is 1.